The highest BCUT2D eigenvalue weighted by atomic mass is 32.1. The van der Waals surface area contributed by atoms with E-state index in [2.05, 4.69) is 34.8 Å². The molecule has 0 saturated carbocycles. The van der Waals surface area contributed by atoms with Gasteiger partial charge in [0.2, 0.25) is 0 Å². The van der Waals surface area contributed by atoms with Crippen LogP contribution in [0.15, 0.2) is 0 Å². The van der Waals surface area contributed by atoms with E-state index in [1.54, 1.807) is 6.92 Å². The van der Waals surface area contributed by atoms with E-state index < -0.39 is 6.09 Å². The Kier molecular flexibility index (Phi) is 7.71. The van der Waals surface area contributed by atoms with Crippen LogP contribution in [0.4, 0.5) is 4.79 Å². The largest absolute Gasteiger partial charge is 0.449 e. The highest BCUT2D eigenvalue weighted by Gasteiger charge is 2.02. The second-order valence-electron chi connectivity index (χ2n) is 3.19. The van der Waals surface area contributed by atoms with Gasteiger partial charge in [-0.15, -0.1) is 0 Å². The highest BCUT2D eigenvalue weighted by molar-refractivity contribution is 7.80. The molecule has 0 saturated heterocycles. The number of nitrogens with one attached hydrogen (secondary N) is 3. The number of hydrogen-bond acceptors (Lipinski definition) is 3. The highest BCUT2D eigenvalue weighted by Crippen LogP contribution is 1.96. The molecule has 3 N–H and O–H groups in total. The van der Waals surface area contributed by atoms with Crippen molar-refractivity contribution in [1.29, 1.82) is 0 Å². The number of hydrogen-bond donors (Lipinski definition) is 3. The third-order valence-corrected chi connectivity index (χ3v) is 2.11. The molecule has 88 valence electrons. The molecule has 0 aromatic rings. The van der Waals surface area contributed by atoms with Crippen LogP contribution in [0.25, 0.3) is 0 Å². The van der Waals surface area contributed by atoms with Gasteiger partial charge in [0.05, 0.1) is 6.61 Å². The number of amides is 1. The van der Waals surface area contributed by atoms with E-state index in [4.69, 9.17) is 12.2 Å². The lowest BCUT2D eigenvalue weighted by atomic mass is 10.1. The summed E-state index contributed by atoms with van der Waals surface area (Å²) in [6, 6.07) is 0. The summed E-state index contributed by atoms with van der Waals surface area (Å²) in [5.74, 6) is 0.548. The molecule has 0 aliphatic rings. The molecular weight excluding hydrogens is 214 g/mol. The molecule has 1 amide bonds. The fraction of sp³-hybridized carbons (Fsp3) is 0.778. The van der Waals surface area contributed by atoms with Gasteiger partial charge in [-0.05, 0) is 25.1 Å². The van der Waals surface area contributed by atoms with Crippen molar-refractivity contribution in [3.05, 3.63) is 0 Å². The standard InChI is InChI=1S/C9H19N3O2S/c1-4-7(3)6-10-8(15)11-12-9(13)14-5-2/h7H,4-6H2,1-3H3,(H,12,13)(H2,10,11,15)/t7-/m1/s1. The maximum Gasteiger partial charge on any atom is 0.425 e. The Bertz CT molecular complexity index is 212. The SMILES string of the molecule is CCOC(=O)NNC(=S)NC[C@H](C)CC. The smallest absolute Gasteiger partial charge is 0.425 e. The van der Waals surface area contributed by atoms with Crippen LogP contribution in [-0.4, -0.2) is 24.4 Å². The van der Waals surface area contributed by atoms with Gasteiger partial charge in [0.25, 0.3) is 0 Å². The first-order valence-corrected chi connectivity index (χ1v) is 5.47. The fourth-order valence-electron chi connectivity index (χ4n) is 0.730. The summed E-state index contributed by atoms with van der Waals surface area (Å²) in [5.41, 5.74) is 4.85. The lowest BCUT2D eigenvalue weighted by molar-refractivity contribution is 0.150. The van der Waals surface area contributed by atoms with Gasteiger partial charge in [0.1, 0.15) is 0 Å². The summed E-state index contributed by atoms with van der Waals surface area (Å²) in [4.78, 5) is 10.9. The van der Waals surface area contributed by atoms with E-state index in [-0.39, 0.29) is 0 Å². The number of carbonyl (C=O) groups is 1. The molecule has 5 nitrogen and oxygen atoms in total. The van der Waals surface area contributed by atoms with Gasteiger partial charge in [-0.1, -0.05) is 20.3 Å². The Labute approximate surface area is 95.9 Å². The fourth-order valence-corrected chi connectivity index (χ4v) is 0.865. The lowest BCUT2D eigenvalue weighted by Gasteiger charge is -2.13. The van der Waals surface area contributed by atoms with Crippen molar-refractivity contribution in [3.8, 4) is 0 Å². The lowest BCUT2D eigenvalue weighted by Crippen LogP contribution is -2.47. The zero-order chi connectivity index (χ0) is 11.7. The van der Waals surface area contributed by atoms with Gasteiger partial charge in [0.15, 0.2) is 5.11 Å². The van der Waals surface area contributed by atoms with Crippen molar-refractivity contribution >= 4 is 23.4 Å². The molecule has 0 radical (unpaired) electrons. The summed E-state index contributed by atoms with van der Waals surface area (Å²) in [7, 11) is 0. The molecule has 0 rings (SSSR count). The van der Waals surface area contributed by atoms with E-state index >= 15 is 0 Å². The van der Waals surface area contributed by atoms with Crippen molar-refractivity contribution in [2.24, 2.45) is 5.92 Å². The summed E-state index contributed by atoms with van der Waals surface area (Å²) >= 11 is 4.93. The van der Waals surface area contributed by atoms with Gasteiger partial charge >= 0.3 is 6.09 Å². The predicted molar refractivity (Wildman–Crippen MR) is 63.3 cm³/mol. The molecule has 1 atom stereocenters. The average Bonchev–Trinajstić information content (AvgIpc) is 2.23. The molecule has 0 fully saturated rings. The van der Waals surface area contributed by atoms with Crippen LogP contribution in [0.2, 0.25) is 0 Å². The van der Waals surface area contributed by atoms with Crippen molar-refractivity contribution in [2.45, 2.75) is 27.2 Å². The Hall–Kier alpha value is -1.04. The Balaban J connectivity index is 3.53. The second kappa shape index (κ2) is 8.28. The molecule has 0 aromatic heterocycles. The van der Waals surface area contributed by atoms with E-state index in [1.807, 2.05) is 0 Å². The van der Waals surface area contributed by atoms with Crippen LogP contribution in [0.1, 0.15) is 27.2 Å². The Morgan fingerprint density at radius 1 is 1.40 bits per heavy atom. The van der Waals surface area contributed by atoms with Gasteiger partial charge in [-0.3, -0.25) is 5.43 Å². The Morgan fingerprint density at radius 2 is 2.07 bits per heavy atom. The monoisotopic (exact) mass is 233 g/mol. The summed E-state index contributed by atoms with van der Waals surface area (Å²) < 4.78 is 4.64. The van der Waals surface area contributed by atoms with Gasteiger partial charge in [-0.25, -0.2) is 10.2 Å². The quantitative estimate of drug-likeness (QED) is 0.502. The molecule has 0 bridgehead atoms. The van der Waals surface area contributed by atoms with Crippen LogP contribution in [0.3, 0.4) is 0 Å². The first-order chi connectivity index (χ1) is 7.10. The zero-order valence-corrected chi connectivity index (χ0v) is 10.2. The van der Waals surface area contributed by atoms with Gasteiger partial charge in [-0.2, -0.15) is 0 Å². The van der Waals surface area contributed by atoms with Crippen LogP contribution < -0.4 is 16.2 Å². The number of rotatable bonds is 4. The third kappa shape index (κ3) is 7.99. The minimum absolute atomic E-state index is 0.334. The second-order valence-corrected chi connectivity index (χ2v) is 3.60. The van der Waals surface area contributed by atoms with Crippen molar-refractivity contribution in [1.82, 2.24) is 16.2 Å². The number of carbonyl (C=O) groups excluding carboxylic acids is 1. The van der Waals surface area contributed by atoms with Gasteiger partial charge < -0.3 is 10.1 Å². The van der Waals surface area contributed by atoms with E-state index in [0.717, 1.165) is 13.0 Å². The van der Waals surface area contributed by atoms with Crippen molar-refractivity contribution in [3.63, 3.8) is 0 Å². The zero-order valence-electron chi connectivity index (χ0n) is 9.42. The predicted octanol–water partition coefficient (Wildman–Crippen LogP) is 1.16. The van der Waals surface area contributed by atoms with Crippen LogP contribution in [0, 0.1) is 5.92 Å². The molecule has 15 heavy (non-hydrogen) atoms. The normalized spacial score (nSPS) is 11.4. The topological polar surface area (TPSA) is 62.4 Å². The summed E-state index contributed by atoms with van der Waals surface area (Å²) in [6.45, 7) is 7.08. The number of ether oxygens (including phenoxy) is 1. The van der Waals surface area contributed by atoms with Crippen LogP contribution in [-0.2, 0) is 4.74 Å². The third-order valence-electron chi connectivity index (χ3n) is 1.86. The minimum atomic E-state index is -0.537. The van der Waals surface area contributed by atoms with Crippen molar-refractivity contribution < 1.29 is 9.53 Å². The van der Waals surface area contributed by atoms with Crippen molar-refractivity contribution in [2.75, 3.05) is 13.2 Å². The summed E-state index contributed by atoms with van der Waals surface area (Å²) in [6.07, 6.45) is 0.547. The molecular formula is C9H19N3O2S. The molecule has 0 unspecified atom stereocenters. The molecule has 0 heterocycles. The molecule has 0 spiro atoms. The maximum atomic E-state index is 10.9. The first-order valence-electron chi connectivity index (χ1n) is 5.06. The van der Waals surface area contributed by atoms with Crippen LogP contribution >= 0.6 is 12.2 Å². The molecule has 0 aromatic carbocycles. The molecule has 0 aliphatic carbocycles. The number of hydrazine groups is 1. The number of thiocarbonyl (C=S) groups is 1. The minimum Gasteiger partial charge on any atom is -0.449 e. The maximum absolute atomic E-state index is 10.9. The van der Waals surface area contributed by atoms with E-state index in [9.17, 15) is 4.79 Å². The molecule has 0 aliphatic heterocycles. The molecule has 6 heteroatoms. The summed E-state index contributed by atoms with van der Waals surface area (Å²) in [5, 5.41) is 3.37. The Morgan fingerprint density at radius 3 is 2.60 bits per heavy atom. The average molecular weight is 233 g/mol. The van der Waals surface area contributed by atoms with E-state index in [0.29, 0.717) is 17.6 Å². The first kappa shape index (κ1) is 14.0. The van der Waals surface area contributed by atoms with Crippen LogP contribution in [0.5, 0.6) is 0 Å². The van der Waals surface area contributed by atoms with Gasteiger partial charge in [0, 0.05) is 6.54 Å². The van der Waals surface area contributed by atoms with E-state index in [1.165, 1.54) is 0 Å².